The van der Waals surface area contributed by atoms with Gasteiger partial charge in [-0.2, -0.15) is 0 Å². The number of amides is 3. The Balaban J connectivity index is 1.52. The third-order valence-electron chi connectivity index (χ3n) is 5.43. The zero-order valence-corrected chi connectivity index (χ0v) is 15.8. The molecule has 3 rings (SSSR count). The zero-order chi connectivity index (χ0) is 18.5. The smallest absolute Gasteiger partial charge is 0.317 e. The molecule has 6 heteroatoms. The third kappa shape index (κ3) is 4.29. The summed E-state index contributed by atoms with van der Waals surface area (Å²) in [6.45, 7) is 4.24. The maximum atomic E-state index is 12.7. The van der Waals surface area contributed by atoms with Crippen molar-refractivity contribution in [2.75, 3.05) is 33.3 Å². The van der Waals surface area contributed by atoms with E-state index in [0.717, 1.165) is 24.2 Å². The highest BCUT2D eigenvalue weighted by Gasteiger charge is 2.26. The maximum absolute atomic E-state index is 12.7. The number of carbonyl (C=O) groups is 2. The van der Waals surface area contributed by atoms with Gasteiger partial charge in [0.2, 0.25) is 0 Å². The number of hydrogen-bond donors (Lipinski definition) is 1. The van der Waals surface area contributed by atoms with E-state index in [1.54, 1.807) is 13.2 Å². The topological polar surface area (TPSA) is 61.9 Å². The van der Waals surface area contributed by atoms with Crippen molar-refractivity contribution < 1.29 is 14.3 Å². The van der Waals surface area contributed by atoms with E-state index in [4.69, 9.17) is 4.74 Å². The van der Waals surface area contributed by atoms with Gasteiger partial charge < -0.3 is 19.9 Å². The van der Waals surface area contributed by atoms with Gasteiger partial charge in [-0.15, -0.1) is 0 Å². The van der Waals surface area contributed by atoms with Crippen LogP contribution in [0.2, 0.25) is 0 Å². The Hall–Kier alpha value is -2.24. The van der Waals surface area contributed by atoms with Gasteiger partial charge >= 0.3 is 6.03 Å². The summed E-state index contributed by atoms with van der Waals surface area (Å²) in [7, 11) is 1.63. The molecule has 1 aromatic carbocycles. The van der Waals surface area contributed by atoms with E-state index < -0.39 is 0 Å². The summed E-state index contributed by atoms with van der Waals surface area (Å²) in [4.78, 5) is 28.8. The van der Waals surface area contributed by atoms with Crippen molar-refractivity contribution in [1.82, 2.24) is 15.1 Å². The molecule has 1 aliphatic heterocycles. The Kier molecular flexibility index (Phi) is 6.01. The monoisotopic (exact) mass is 359 g/mol. The van der Waals surface area contributed by atoms with Crippen LogP contribution in [0.5, 0.6) is 5.75 Å². The Bertz CT molecular complexity index is 648. The molecule has 1 heterocycles. The zero-order valence-electron chi connectivity index (χ0n) is 15.8. The molecule has 3 amide bonds. The fraction of sp³-hybridized carbons (Fsp3) is 0.600. The molecule has 1 saturated carbocycles. The second-order valence-electron chi connectivity index (χ2n) is 7.25. The van der Waals surface area contributed by atoms with Gasteiger partial charge in [-0.25, -0.2) is 4.79 Å². The minimum Gasteiger partial charge on any atom is -0.496 e. The number of aryl methyl sites for hydroxylation is 1. The minimum absolute atomic E-state index is 0.0168. The normalized spacial score (nSPS) is 18.5. The van der Waals surface area contributed by atoms with Crippen LogP contribution in [-0.4, -0.2) is 61.1 Å². The first-order valence-electron chi connectivity index (χ1n) is 9.58. The predicted molar refractivity (Wildman–Crippen MR) is 101 cm³/mol. The summed E-state index contributed by atoms with van der Waals surface area (Å²) in [5.41, 5.74) is 1.62. The Morgan fingerprint density at radius 2 is 1.69 bits per heavy atom. The van der Waals surface area contributed by atoms with Gasteiger partial charge in [0.1, 0.15) is 5.75 Å². The van der Waals surface area contributed by atoms with Crippen molar-refractivity contribution >= 4 is 11.9 Å². The Morgan fingerprint density at radius 3 is 2.31 bits per heavy atom. The molecule has 0 atom stereocenters. The number of methoxy groups -OCH3 is 1. The number of carbonyl (C=O) groups excluding carboxylic acids is 2. The minimum atomic E-state index is 0.0168. The second kappa shape index (κ2) is 8.43. The number of ether oxygens (including phenoxy) is 1. The molecule has 26 heavy (non-hydrogen) atoms. The quantitative estimate of drug-likeness (QED) is 0.903. The van der Waals surface area contributed by atoms with Gasteiger partial charge in [0.25, 0.3) is 5.91 Å². The molecule has 0 aromatic heterocycles. The molecule has 2 fully saturated rings. The van der Waals surface area contributed by atoms with Gasteiger partial charge in [0, 0.05) is 37.8 Å². The molecule has 1 aliphatic carbocycles. The van der Waals surface area contributed by atoms with Gasteiger partial charge in [0.05, 0.1) is 7.11 Å². The van der Waals surface area contributed by atoms with E-state index in [1.807, 2.05) is 28.9 Å². The molecule has 0 spiro atoms. The maximum Gasteiger partial charge on any atom is 0.317 e. The predicted octanol–water partition coefficient (Wildman–Crippen LogP) is 2.80. The first-order valence-corrected chi connectivity index (χ1v) is 9.58. The fourth-order valence-electron chi connectivity index (χ4n) is 3.82. The van der Waals surface area contributed by atoms with Crippen LogP contribution in [0.1, 0.15) is 48.0 Å². The summed E-state index contributed by atoms with van der Waals surface area (Å²) in [5, 5.41) is 3.15. The van der Waals surface area contributed by atoms with E-state index >= 15 is 0 Å². The van der Waals surface area contributed by atoms with Crippen LogP contribution in [0, 0.1) is 6.92 Å². The number of benzene rings is 1. The summed E-state index contributed by atoms with van der Waals surface area (Å²) >= 11 is 0. The number of nitrogens with one attached hydrogen (secondary N) is 1. The Morgan fingerprint density at radius 1 is 1.04 bits per heavy atom. The van der Waals surface area contributed by atoms with Crippen LogP contribution in [0.15, 0.2) is 18.2 Å². The first-order chi connectivity index (χ1) is 12.6. The molecule has 0 radical (unpaired) electrons. The van der Waals surface area contributed by atoms with E-state index in [2.05, 4.69) is 5.32 Å². The number of rotatable bonds is 3. The third-order valence-corrected chi connectivity index (χ3v) is 5.43. The van der Waals surface area contributed by atoms with Crippen molar-refractivity contribution in [3.05, 3.63) is 29.3 Å². The highest BCUT2D eigenvalue weighted by Crippen LogP contribution is 2.20. The largest absolute Gasteiger partial charge is 0.496 e. The lowest BCUT2D eigenvalue weighted by Gasteiger charge is -2.36. The van der Waals surface area contributed by atoms with E-state index in [1.165, 1.54) is 19.3 Å². The van der Waals surface area contributed by atoms with Gasteiger partial charge in [0.15, 0.2) is 0 Å². The van der Waals surface area contributed by atoms with E-state index in [-0.39, 0.29) is 11.9 Å². The second-order valence-corrected chi connectivity index (χ2v) is 7.25. The van der Waals surface area contributed by atoms with Crippen LogP contribution < -0.4 is 10.1 Å². The van der Waals surface area contributed by atoms with E-state index in [9.17, 15) is 9.59 Å². The molecule has 142 valence electrons. The van der Waals surface area contributed by atoms with Crippen molar-refractivity contribution in [3.8, 4) is 5.75 Å². The molecule has 2 aliphatic rings. The van der Waals surface area contributed by atoms with Gasteiger partial charge in [-0.1, -0.05) is 19.3 Å². The lowest BCUT2D eigenvalue weighted by molar-refractivity contribution is 0.0662. The number of hydrogen-bond acceptors (Lipinski definition) is 3. The fourth-order valence-corrected chi connectivity index (χ4v) is 3.82. The SMILES string of the molecule is COc1ccc(C(=O)N2CCN(C(=O)NC3CCCCC3)CC2)cc1C. The first kappa shape index (κ1) is 18.5. The van der Waals surface area contributed by atoms with Crippen molar-refractivity contribution in [2.24, 2.45) is 0 Å². The highest BCUT2D eigenvalue weighted by atomic mass is 16.5. The molecule has 1 N–H and O–H groups in total. The van der Waals surface area contributed by atoms with E-state index in [0.29, 0.717) is 37.8 Å². The molecular weight excluding hydrogens is 330 g/mol. The number of nitrogens with zero attached hydrogens (tertiary/aromatic N) is 2. The average molecular weight is 359 g/mol. The van der Waals surface area contributed by atoms with Crippen LogP contribution in [0.25, 0.3) is 0 Å². The van der Waals surface area contributed by atoms with Gasteiger partial charge in [-0.05, 0) is 43.5 Å². The van der Waals surface area contributed by atoms with Crippen LogP contribution in [0.4, 0.5) is 4.79 Å². The number of urea groups is 1. The molecule has 0 unspecified atom stereocenters. The van der Waals surface area contributed by atoms with Crippen LogP contribution in [0.3, 0.4) is 0 Å². The summed E-state index contributed by atoms with van der Waals surface area (Å²) in [6, 6.07) is 5.83. The van der Waals surface area contributed by atoms with Crippen molar-refractivity contribution in [3.63, 3.8) is 0 Å². The molecule has 1 saturated heterocycles. The highest BCUT2D eigenvalue weighted by molar-refractivity contribution is 5.94. The summed E-state index contributed by atoms with van der Waals surface area (Å²) < 4.78 is 5.25. The lowest BCUT2D eigenvalue weighted by Crippen LogP contribution is -2.54. The van der Waals surface area contributed by atoms with Crippen molar-refractivity contribution in [2.45, 2.75) is 45.1 Å². The van der Waals surface area contributed by atoms with Crippen LogP contribution in [-0.2, 0) is 0 Å². The standard InChI is InChI=1S/C20H29N3O3/c1-15-14-16(8-9-18(15)26-2)19(24)22-10-12-23(13-11-22)20(25)21-17-6-4-3-5-7-17/h8-9,14,17H,3-7,10-13H2,1-2H3,(H,21,25). The molecule has 0 bridgehead atoms. The van der Waals surface area contributed by atoms with Crippen LogP contribution >= 0.6 is 0 Å². The summed E-state index contributed by atoms with van der Waals surface area (Å²) in [6.07, 6.45) is 5.85. The van der Waals surface area contributed by atoms with Gasteiger partial charge in [-0.3, -0.25) is 4.79 Å². The summed E-state index contributed by atoms with van der Waals surface area (Å²) in [5.74, 6) is 0.800. The lowest BCUT2D eigenvalue weighted by atomic mass is 9.96. The Labute approximate surface area is 155 Å². The molecular formula is C20H29N3O3. The van der Waals surface area contributed by atoms with Crippen molar-refractivity contribution in [1.29, 1.82) is 0 Å². The molecule has 6 nitrogen and oxygen atoms in total. The average Bonchev–Trinajstić information content (AvgIpc) is 2.68. The number of piperazine rings is 1. The molecule has 1 aromatic rings.